The molecule has 1 N–H and O–H groups in total. The average Bonchev–Trinajstić information content (AvgIpc) is 2.45. The van der Waals surface area contributed by atoms with Crippen LogP contribution in [0.4, 0.5) is 0 Å². The third-order valence-electron chi connectivity index (χ3n) is 2.13. The van der Waals surface area contributed by atoms with Gasteiger partial charge in [0, 0.05) is 22.7 Å². The van der Waals surface area contributed by atoms with E-state index in [9.17, 15) is 0 Å². The standard InChI is InChI=1S/C12H17NS/c1-4-5-6-7-13-9-12-8-10(2)14-11(12)3/h1,8,13H,5-7,9H2,2-3H3. The minimum Gasteiger partial charge on any atom is -0.313 e. The molecule has 1 heterocycles. The largest absolute Gasteiger partial charge is 0.313 e. The smallest absolute Gasteiger partial charge is 0.0216 e. The zero-order valence-corrected chi connectivity index (χ0v) is 9.71. The van der Waals surface area contributed by atoms with Gasteiger partial charge in [-0.3, -0.25) is 0 Å². The molecule has 0 radical (unpaired) electrons. The van der Waals surface area contributed by atoms with Crippen LogP contribution < -0.4 is 5.32 Å². The van der Waals surface area contributed by atoms with Crippen molar-refractivity contribution in [1.82, 2.24) is 5.32 Å². The van der Waals surface area contributed by atoms with E-state index in [1.54, 1.807) is 0 Å². The third kappa shape index (κ3) is 3.53. The first-order valence-electron chi connectivity index (χ1n) is 4.94. The molecule has 0 aliphatic carbocycles. The summed E-state index contributed by atoms with van der Waals surface area (Å²) in [6.45, 7) is 6.31. The van der Waals surface area contributed by atoms with Gasteiger partial charge in [-0.1, -0.05) is 0 Å². The number of hydrogen-bond acceptors (Lipinski definition) is 2. The maximum Gasteiger partial charge on any atom is 0.0216 e. The van der Waals surface area contributed by atoms with Crippen LogP contribution in [0.5, 0.6) is 0 Å². The minimum atomic E-state index is 0.870. The monoisotopic (exact) mass is 207 g/mol. The lowest BCUT2D eigenvalue weighted by Gasteiger charge is -2.02. The van der Waals surface area contributed by atoms with E-state index < -0.39 is 0 Å². The Morgan fingerprint density at radius 1 is 1.50 bits per heavy atom. The molecule has 0 atom stereocenters. The normalized spacial score (nSPS) is 10.1. The highest BCUT2D eigenvalue weighted by molar-refractivity contribution is 7.12. The molecule has 0 spiro atoms. The van der Waals surface area contributed by atoms with Gasteiger partial charge in [0.05, 0.1) is 0 Å². The molecule has 76 valence electrons. The second-order valence-electron chi connectivity index (χ2n) is 3.42. The molecule has 1 aromatic rings. The van der Waals surface area contributed by atoms with Crippen LogP contribution in [0.15, 0.2) is 6.07 Å². The highest BCUT2D eigenvalue weighted by Gasteiger charge is 2.01. The molecular weight excluding hydrogens is 190 g/mol. The summed E-state index contributed by atoms with van der Waals surface area (Å²) in [5.41, 5.74) is 1.42. The summed E-state index contributed by atoms with van der Waals surface area (Å²) in [4.78, 5) is 2.81. The molecule has 14 heavy (non-hydrogen) atoms. The molecule has 0 unspecified atom stereocenters. The molecule has 1 nitrogen and oxygen atoms in total. The van der Waals surface area contributed by atoms with Crippen molar-refractivity contribution in [3.8, 4) is 12.3 Å². The minimum absolute atomic E-state index is 0.870. The number of hydrogen-bond donors (Lipinski definition) is 1. The van der Waals surface area contributed by atoms with Gasteiger partial charge in [0.1, 0.15) is 0 Å². The SMILES string of the molecule is C#CCCCNCc1cc(C)sc1C. The van der Waals surface area contributed by atoms with Crippen LogP contribution in [0, 0.1) is 26.2 Å². The Bertz CT molecular complexity index is 320. The van der Waals surface area contributed by atoms with Crippen molar-refractivity contribution < 1.29 is 0 Å². The molecule has 1 aromatic heterocycles. The number of nitrogens with one attached hydrogen (secondary N) is 1. The molecule has 0 amide bonds. The maximum absolute atomic E-state index is 5.17. The van der Waals surface area contributed by atoms with Gasteiger partial charge in [-0.05, 0) is 38.4 Å². The van der Waals surface area contributed by atoms with E-state index in [2.05, 4.69) is 31.2 Å². The Morgan fingerprint density at radius 2 is 2.29 bits per heavy atom. The van der Waals surface area contributed by atoms with Gasteiger partial charge in [-0.25, -0.2) is 0 Å². The molecule has 0 fully saturated rings. The molecule has 1 rings (SSSR count). The first-order chi connectivity index (χ1) is 6.74. The van der Waals surface area contributed by atoms with Crippen LogP contribution in [-0.2, 0) is 6.54 Å². The predicted octanol–water partition coefficient (Wildman–Crippen LogP) is 2.87. The van der Waals surface area contributed by atoms with Crippen molar-refractivity contribution in [2.24, 2.45) is 0 Å². The van der Waals surface area contributed by atoms with Crippen LogP contribution in [0.2, 0.25) is 0 Å². The second-order valence-corrected chi connectivity index (χ2v) is 4.88. The van der Waals surface area contributed by atoms with E-state index >= 15 is 0 Å². The quantitative estimate of drug-likeness (QED) is 0.578. The van der Waals surface area contributed by atoms with E-state index in [1.165, 1.54) is 15.3 Å². The summed E-state index contributed by atoms with van der Waals surface area (Å²) in [5.74, 6) is 2.64. The lowest BCUT2D eigenvalue weighted by Crippen LogP contribution is -2.14. The summed E-state index contributed by atoms with van der Waals surface area (Å²) in [6.07, 6.45) is 7.11. The van der Waals surface area contributed by atoms with Crippen LogP contribution in [0.1, 0.15) is 28.2 Å². The number of aryl methyl sites for hydroxylation is 2. The molecule has 2 heteroatoms. The predicted molar refractivity (Wildman–Crippen MR) is 63.6 cm³/mol. The topological polar surface area (TPSA) is 12.0 Å². The fourth-order valence-corrected chi connectivity index (χ4v) is 2.34. The number of thiophene rings is 1. The fraction of sp³-hybridized carbons (Fsp3) is 0.500. The van der Waals surface area contributed by atoms with Crippen LogP contribution in [0.3, 0.4) is 0 Å². The fourth-order valence-electron chi connectivity index (χ4n) is 1.40. The maximum atomic E-state index is 5.17. The summed E-state index contributed by atoms with van der Waals surface area (Å²) < 4.78 is 0. The Morgan fingerprint density at radius 3 is 2.86 bits per heavy atom. The van der Waals surface area contributed by atoms with Crippen LogP contribution in [-0.4, -0.2) is 6.54 Å². The third-order valence-corrected chi connectivity index (χ3v) is 3.14. The number of unbranched alkanes of at least 4 members (excludes halogenated alkanes) is 1. The summed E-state index contributed by atoms with van der Waals surface area (Å²) >= 11 is 1.87. The van der Waals surface area contributed by atoms with Gasteiger partial charge in [-0.2, -0.15) is 0 Å². The Labute approximate surface area is 90.5 Å². The summed E-state index contributed by atoms with van der Waals surface area (Å²) in [5, 5.41) is 3.40. The molecule has 0 saturated carbocycles. The van der Waals surface area contributed by atoms with E-state index in [4.69, 9.17) is 6.42 Å². The van der Waals surface area contributed by atoms with Crippen molar-refractivity contribution in [2.45, 2.75) is 33.2 Å². The molecule has 0 aliphatic rings. The zero-order valence-electron chi connectivity index (χ0n) is 8.89. The molecule has 0 aromatic carbocycles. The van der Waals surface area contributed by atoms with Crippen molar-refractivity contribution in [3.05, 3.63) is 21.4 Å². The summed E-state index contributed by atoms with van der Waals surface area (Å²) in [6, 6.07) is 2.26. The highest BCUT2D eigenvalue weighted by atomic mass is 32.1. The molecule has 0 aliphatic heterocycles. The lowest BCUT2D eigenvalue weighted by atomic mass is 10.2. The highest BCUT2D eigenvalue weighted by Crippen LogP contribution is 2.20. The van der Waals surface area contributed by atoms with Crippen molar-refractivity contribution in [2.75, 3.05) is 6.54 Å². The van der Waals surface area contributed by atoms with E-state index in [0.29, 0.717) is 0 Å². The average molecular weight is 207 g/mol. The van der Waals surface area contributed by atoms with Crippen LogP contribution in [0.25, 0.3) is 0 Å². The first kappa shape index (κ1) is 11.3. The van der Waals surface area contributed by atoms with Gasteiger partial charge in [0.25, 0.3) is 0 Å². The van der Waals surface area contributed by atoms with Gasteiger partial charge in [-0.15, -0.1) is 23.7 Å². The van der Waals surface area contributed by atoms with Gasteiger partial charge in [0.2, 0.25) is 0 Å². The van der Waals surface area contributed by atoms with Gasteiger partial charge < -0.3 is 5.32 Å². The van der Waals surface area contributed by atoms with Crippen molar-refractivity contribution in [1.29, 1.82) is 0 Å². The lowest BCUT2D eigenvalue weighted by molar-refractivity contribution is 0.658. The van der Waals surface area contributed by atoms with Gasteiger partial charge >= 0.3 is 0 Å². The Balaban J connectivity index is 2.25. The second kappa shape index (κ2) is 5.85. The van der Waals surface area contributed by atoms with Crippen LogP contribution >= 0.6 is 11.3 Å². The molecule has 0 bridgehead atoms. The first-order valence-corrected chi connectivity index (χ1v) is 5.75. The van der Waals surface area contributed by atoms with E-state index in [0.717, 1.165) is 25.9 Å². The summed E-state index contributed by atoms with van der Waals surface area (Å²) in [7, 11) is 0. The molecular formula is C12H17NS. The molecule has 0 saturated heterocycles. The van der Waals surface area contributed by atoms with E-state index in [-0.39, 0.29) is 0 Å². The van der Waals surface area contributed by atoms with Gasteiger partial charge in [0.15, 0.2) is 0 Å². The Hall–Kier alpha value is -0.780. The van der Waals surface area contributed by atoms with Crippen molar-refractivity contribution in [3.63, 3.8) is 0 Å². The zero-order chi connectivity index (χ0) is 10.4. The number of rotatable bonds is 5. The van der Waals surface area contributed by atoms with Crippen molar-refractivity contribution >= 4 is 11.3 Å². The van der Waals surface area contributed by atoms with E-state index in [1.807, 2.05) is 11.3 Å². The Kier molecular flexibility index (Phi) is 4.72. The number of terminal acetylenes is 1.